The lowest BCUT2D eigenvalue weighted by Crippen LogP contribution is -2.44. The smallest absolute Gasteiger partial charge is 0.317 e. The van der Waals surface area contributed by atoms with Gasteiger partial charge in [0.1, 0.15) is 5.75 Å². The molecule has 0 saturated carbocycles. The van der Waals surface area contributed by atoms with Crippen molar-refractivity contribution < 1.29 is 23.8 Å². The van der Waals surface area contributed by atoms with Crippen molar-refractivity contribution in [1.29, 1.82) is 0 Å². The molecule has 0 unspecified atom stereocenters. The number of amides is 2. The van der Waals surface area contributed by atoms with E-state index in [1.807, 2.05) is 29.2 Å². The van der Waals surface area contributed by atoms with Gasteiger partial charge >= 0.3 is 12.0 Å². The van der Waals surface area contributed by atoms with Crippen molar-refractivity contribution in [3.8, 4) is 17.0 Å². The molecule has 1 atom stereocenters. The van der Waals surface area contributed by atoms with Gasteiger partial charge in [-0.25, -0.2) is 4.79 Å². The van der Waals surface area contributed by atoms with E-state index in [2.05, 4.69) is 12.2 Å². The van der Waals surface area contributed by atoms with E-state index >= 15 is 0 Å². The summed E-state index contributed by atoms with van der Waals surface area (Å²) in [5.41, 5.74) is 6.58. The monoisotopic (exact) mass is 467 g/mol. The Morgan fingerprint density at radius 2 is 2.00 bits per heavy atom. The Bertz CT molecular complexity index is 1040. The number of esters is 1. The lowest BCUT2D eigenvalue weighted by atomic mass is 9.88. The first-order valence-corrected chi connectivity index (χ1v) is 12.0. The van der Waals surface area contributed by atoms with E-state index in [1.54, 1.807) is 14.0 Å². The number of urea groups is 1. The van der Waals surface area contributed by atoms with Crippen LogP contribution in [0.5, 0.6) is 5.75 Å². The van der Waals surface area contributed by atoms with Crippen LogP contribution in [0.25, 0.3) is 11.3 Å². The number of benzene rings is 1. The van der Waals surface area contributed by atoms with Crippen LogP contribution < -0.4 is 10.1 Å². The summed E-state index contributed by atoms with van der Waals surface area (Å²) in [5, 5.41) is 2.93. The highest BCUT2D eigenvalue weighted by atomic mass is 16.5. The van der Waals surface area contributed by atoms with E-state index in [-0.39, 0.29) is 18.1 Å². The van der Waals surface area contributed by atoms with E-state index in [0.717, 1.165) is 40.2 Å². The molecule has 4 rings (SSSR count). The third-order valence-corrected chi connectivity index (χ3v) is 6.37. The molecule has 3 heterocycles. The van der Waals surface area contributed by atoms with Crippen molar-refractivity contribution >= 4 is 12.0 Å². The first-order valence-electron chi connectivity index (χ1n) is 12.0. The molecule has 0 radical (unpaired) electrons. The molecule has 8 nitrogen and oxygen atoms in total. The predicted octanol–water partition coefficient (Wildman–Crippen LogP) is 3.63. The molecule has 2 aliphatic heterocycles. The molecule has 2 amide bonds. The topological polar surface area (TPSA) is 90.0 Å². The van der Waals surface area contributed by atoms with Crippen molar-refractivity contribution in [2.75, 3.05) is 26.8 Å². The Hall–Kier alpha value is -3.13. The van der Waals surface area contributed by atoms with Gasteiger partial charge in [0, 0.05) is 50.2 Å². The van der Waals surface area contributed by atoms with Gasteiger partial charge in [-0.05, 0) is 61.2 Å². The predicted molar refractivity (Wildman–Crippen MR) is 128 cm³/mol. The van der Waals surface area contributed by atoms with Gasteiger partial charge < -0.3 is 24.4 Å². The number of ether oxygens (including phenoxy) is 3. The van der Waals surface area contributed by atoms with E-state index in [1.165, 1.54) is 5.56 Å². The number of nitrogens with zero attached hydrogens (tertiary/aromatic N) is 2. The van der Waals surface area contributed by atoms with Crippen LogP contribution in [-0.2, 0) is 40.3 Å². The summed E-state index contributed by atoms with van der Waals surface area (Å²) in [7, 11) is 1.66. The molecule has 0 bridgehead atoms. The first kappa shape index (κ1) is 24.0. The molecular weight excluding hydrogens is 434 g/mol. The summed E-state index contributed by atoms with van der Waals surface area (Å²) in [5.74, 6) is 0.583. The van der Waals surface area contributed by atoms with Gasteiger partial charge in [0.25, 0.3) is 0 Å². The molecule has 0 fully saturated rings. The lowest BCUT2D eigenvalue weighted by Gasteiger charge is -2.34. The van der Waals surface area contributed by atoms with Crippen LogP contribution in [0.2, 0.25) is 0 Å². The quantitative estimate of drug-likeness (QED) is 0.494. The second-order valence-corrected chi connectivity index (χ2v) is 8.71. The van der Waals surface area contributed by atoms with Gasteiger partial charge in [-0.15, -0.1) is 0 Å². The number of carbonyl (C=O) groups is 2. The molecule has 2 aromatic rings. The van der Waals surface area contributed by atoms with Crippen LogP contribution in [0.3, 0.4) is 0 Å². The Labute approximate surface area is 200 Å². The fourth-order valence-electron chi connectivity index (χ4n) is 4.57. The van der Waals surface area contributed by atoms with Crippen LogP contribution in [0.4, 0.5) is 4.79 Å². The SMILES string of the molecule is CCOC(=O)CCCNC(=O)N1CCc2nc(-c3ccc(OC)cc3)c3c(c2C1)CO[C@@H](C)C3. The Morgan fingerprint density at radius 1 is 1.21 bits per heavy atom. The summed E-state index contributed by atoms with van der Waals surface area (Å²) in [6.45, 7) is 6.31. The zero-order valence-electron chi connectivity index (χ0n) is 20.2. The average Bonchev–Trinajstić information content (AvgIpc) is 2.85. The van der Waals surface area contributed by atoms with Crippen LogP contribution in [0.15, 0.2) is 24.3 Å². The van der Waals surface area contributed by atoms with Gasteiger partial charge in [0.2, 0.25) is 0 Å². The minimum atomic E-state index is -0.233. The fraction of sp³-hybridized carbons (Fsp3) is 0.500. The second-order valence-electron chi connectivity index (χ2n) is 8.71. The minimum Gasteiger partial charge on any atom is -0.497 e. The van der Waals surface area contributed by atoms with E-state index in [9.17, 15) is 9.59 Å². The van der Waals surface area contributed by atoms with Gasteiger partial charge in [-0.2, -0.15) is 0 Å². The number of aromatic nitrogens is 1. The summed E-state index contributed by atoms with van der Waals surface area (Å²) < 4.78 is 16.2. The molecule has 1 N–H and O–H groups in total. The number of carbonyl (C=O) groups excluding carboxylic acids is 2. The third kappa shape index (κ3) is 5.33. The van der Waals surface area contributed by atoms with Gasteiger partial charge in [-0.3, -0.25) is 9.78 Å². The summed E-state index contributed by atoms with van der Waals surface area (Å²) in [6.07, 6.45) is 2.46. The summed E-state index contributed by atoms with van der Waals surface area (Å²) in [4.78, 5) is 31.2. The number of pyridine rings is 1. The molecule has 8 heteroatoms. The Morgan fingerprint density at radius 3 is 2.74 bits per heavy atom. The molecule has 1 aromatic carbocycles. The second kappa shape index (κ2) is 10.9. The third-order valence-electron chi connectivity index (χ3n) is 6.37. The number of nitrogens with one attached hydrogen (secondary N) is 1. The van der Waals surface area contributed by atoms with Crippen molar-refractivity contribution in [2.45, 2.75) is 58.8 Å². The molecule has 1 aromatic heterocycles. The Kier molecular flexibility index (Phi) is 7.67. The van der Waals surface area contributed by atoms with E-state index in [0.29, 0.717) is 52.1 Å². The van der Waals surface area contributed by atoms with Crippen molar-refractivity contribution in [3.63, 3.8) is 0 Å². The molecule has 2 aliphatic rings. The lowest BCUT2D eigenvalue weighted by molar-refractivity contribution is -0.143. The van der Waals surface area contributed by atoms with Gasteiger partial charge in [0.05, 0.1) is 32.1 Å². The first-order chi connectivity index (χ1) is 16.5. The number of methoxy groups -OCH3 is 1. The van der Waals surface area contributed by atoms with Crippen LogP contribution in [-0.4, -0.2) is 54.8 Å². The number of rotatable bonds is 7. The standard InChI is InChI=1S/C26H33N3O5/c1-4-33-24(30)6-5-12-27-26(31)29-13-11-23-21(15-29)22-16-34-17(2)14-20(22)25(28-23)18-7-9-19(32-3)10-8-18/h7-10,17H,4-6,11-16H2,1-3H3,(H,27,31)/t17-/m0/s1. The normalized spacial score (nSPS) is 16.9. The van der Waals surface area contributed by atoms with E-state index in [4.69, 9.17) is 19.2 Å². The Balaban J connectivity index is 1.51. The number of hydrogen-bond acceptors (Lipinski definition) is 6. The molecule has 0 aliphatic carbocycles. The zero-order valence-corrected chi connectivity index (χ0v) is 20.2. The fourth-order valence-corrected chi connectivity index (χ4v) is 4.57. The molecule has 34 heavy (non-hydrogen) atoms. The highest BCUT2D eigenvalue weighted by Crippen LogP contribution is 2.36. The zero-order chi connectivity index (χ0) is 24.1. The molecule has 182 valence electrons. The highest BCUT2D eigenvalue weighted by Gasteiger charge is 2.30. The van der Waals surface area contributed by atoms with Crippen molar-refractivity contribution in [1.82, 2.24) is 15.2 Å². The van der Waals surface area contributed by atoms with E-state index < -0.39 is 0 Å². The van der Waals surface area contributed by atoms with Crippen LogP contribution in [0, 0.1) is 0 Å². The minimum absolute atomic E-state index is 0.117. The maximum absolute atomic E-state index is 12.8. The molecular formula is C26H33N3O5. The maximum atomic E-state index is 12.8. The van der Waals surface area contributed by atoms with Gasteiger partial charge in [-0.1, -0.05) is 0 Å². The highest BCUT2D eigenvalue weighted by molar-refractivity contribution is 5.75. The maximum Gasteiger partial charge on any atom is 0.317 e. The van der Waals surface area contributed by atoms with Crippen LogP contribution in [0.1, 0.15) is 49.1 Å². The largest absolute Gasteiger partial charge is 0.497 e. The number of hydrogen-bond donors (Lipinski definition) is 1. The van der Waals surface area contributed by atoms with Crippen LogP contribution >= 0.6 is 0 Å². The molecule has 0 saturated heterocycles. The molecule has 0 spiro atoms. The van der Waals surface area contributed by atoms with Crippen molar-refractivity contribution in [3.05, 3.63) is 46.6 Å². The summed E-state index contributed by atoms with van der Waals surface area (Å²) >= 11 is 0. The van der Waals surface area contributed by atoms with Gasteiger partial charge in [0.15, 0.2) is 0 Å². The summed E-state index contributed by atoms with van der Waals surface area (Å²) in [6, 6.07) is 7.89. The van der Waals surface area contributed by atoms with Crippen molar-refractivity contribution in [2.24, 2.45) is 0 Å². The average molecular weight is 468 g/mol. The number of fused-ring (bicyclic) bond motifs is 3.